The van der Waals surface area contributed by atoms with Crippen molar-refractivity contribution in [2.75, 3.05) is 0 Å². The summed E-state index contributed by atoms with van der Waals surface area (Å²) < 4.78 is -0.704. The van der Waals surface area contributed by atoms with Crippen LogP contribution in [0.4, 0.5) is 0 Å². The van der Waals surface area contributed by atoms with Gasteiger partial charge in [0, 0.05) is 0 Å². The molecule has 6 aromatic rings. The molecule has 2 atom stereocenters. The summed E-state index contributed by atoms with van der Waals surface area (Å²) in [6.07, 6.45) is 3.40. The summed E-state index contributed by atoms with van der Waals surface area (Å²) in [6.45, 7) is 4.91. The second kappa shape index (κ2) is 12.9. The summed E-state index contributed by atoms with van der Waals surface area (Å²) in [5.41, 5.74) is 8.75. The Labute approximate surface area is 314 Å². The van der Waals surface area contributed by atoms with E-state index in [4.69, 9.17) is 40.2 Å². The van der Waals surface area contributed by atoms with Crippen LogP contribution in [0.25, 0.3) is 22.3 Å². The fourth-order valence-electron chi connectivity index (χ4n) is 9.40. The van der Waals surface area contributed by atoms with Crippen molar-refractivity contribution < 1.29 is 15.0 Å². The first-order valence-corrected chi connectivity index (χ1v) is 32.0. The molecule has 0 N–H and O–H groups in total. The van der Waals surface area contributed by atoms with Crippen molar-refractivity contribution in [1.82, 2.24) is 0 Å². The molecule has 2 aliphatic carbocycles. The van der Waals surface area contributed by atoms with Gasteiger partial charge in [0.1, 0.15) is 0 Å². The molecule has 0 amide bonds. The van der Waals surface area contributed by atoms with Gasteiger partial charge in [-0.05, 0) is 0 Å². The minimum atomic E-state index is -5.40. The zero-order valence-electron chi connectivity index (χ0n) is 28.2. The van der Waals surface area contributed by atoms with Crippen LogP contribution in [0.5, 0.6) is 0 Å². The Morgan fingerprint density at radius 2 is 0.840 bits per heavy atom. The molecule has 6 aromatic carbocycles. The predicted molar refractivity (Wildman–Crippen MR) is 215 cm³/mol. The number of hydrogen-bond donors (Lipinski definition) is 0. The van der Waals surface area contributed by atoms with E-state index in [0.29, 0.717) is 10.0 Å². The number of benzene rings is 6. The van der Waals surface area contributed by atoms with E-state index < -0.39 is 20.4 Å². The third kappa shape index (κ3) is 5.39. The van der Waals surface area contributed by atoms with Crippen molar-refractivity contribution in [2.45, 2.75) is 45.8 Å². The Morgan fingerprint density at radius 1 is 0.460 bits per heavy atom. The Balaban J connectivity index is 1.44. The van der Waals surface area contributed by atoms with E-state index in [0.717, 1.165) is 25.7 Å². The van der Waals surface area contributed by atoms with Gasteiger partial charge in [0.25, 0.3) is 0 Å². The van der Waals surface area contributed by atoms with Gasteiger partial charge in [-0.2, -0.15) is 0 Å². The summed E-state index contributed by atoms with van der Waals surface area (Å²) in [7, 11) is 18.3. The Bertz CT molecular complexity index is 2150. The van der Waals surface area contributed by atoms with Gasteiger partial charge in [-0.1, -0.05) is 0 Å². The number of rotatable bonds is 6. The van der Waals surface area contributed by atoms with Crippen LogP contribution in [0.3, 0.4) is 0 Å². The molecule has 0 saturated heterocycles. The molecule has 0 radical (unpaired) electrons. The molecule has 0 spiro atoms. The van der Waals surface area contributed by atoms with Gasteiger partial charge in [0.2, 0.25) is 0 Å². The van der Waals surface area contributed by atoms with E-state index in [9.17, 15) is 0 Å². The second-order valence-corrected chi connectivity index (χ2v) is 52.0. The minimum absolute atomic E-state index is 0.352. The molecule has 0 nitrogen and oxygen atoms in total. The van der Waals surface area contributed by atoms with E-state index in [1.54, 1.807) is 0 Å². The van der Waals surface area contributed by atoms with Crippen LogP contribution in [-0.2, 0) is 40.7 Å². The molecule has 2 aliphatic rings. The van der Waals surface area contributed by atoms with Gasteiger partial charge >= 0.3 is 317 Å². The number of hydrogen-bond acceptors (Lipinski definition) is 0. The molecule has 6 heteroatoms. The van der Waals surface area contributed by atoms with Crippen molar-refractivity contribution in [2.24, 2.45) is 0 Å². The van der Waals surface area contributed by atoms with Crippen LogP contribution in [0.15, 0.2) is 146 Å². The zero-order valence-corrected chi connectivity index (χ0v) is 34.7. The average Bonchev–Trinajstić information content (AvgIpc) is 3.69. The third-order valence-corrected chi connectivity index (χ3v) is 62.6. The summed E-state index contributed by atoms with van der Waals surface area (Å²) in [5, 5.41) is 3.87. The van der Waals surface area contributed by atoms with Gasteiger partial charge in [-0.25, -0.2) is 0 Å². The van der Waals surface area contributed by atoms with Crippen molar-refractivity contribution in [3.8, 4) is 22.3 Å². The van der Waals surface area contributed by atoms with Crippen LogP contribution < -0.4 is 10.4 Å². The molecule has 0 fully saturated rings. The monoisotopic (exact) mass is 824 g/mol. The molecule has 0 aliphatic heterocycles. The summed E-state index contributed by atoms with van der Waals surface area (Å²) >= 11 is 7.72. The fraction of sp³-hybridized carbons (Fsp3) is 0.182. The van der Waals surface area contributed by atoms with Gasteiger partial charge < -0.3 is 0 Å². The standard InChI is InChI=1S/2C16H15.C12H8Cl2Si.2ClH.Zr/c2*1-12-10-14-8-5-9-15(16(14)11-12)13-6-3-2-4-7-13;13-9-1-5-11(6-2-9)15-12-7-3-10(14)4-8-12;;;/h2*2-9H,10-11H2,1H3;1-8H;2*1H;/q;;;;;+2/p-2. The predicted octanol–water partition coefficient (Wildman–Crippen LogP) is 12.4. The number of fused-ring (bicyclic) bond motifs is 2. The first kappa shape index (κ1) is 34.7. The summed E-state index contributed by atoms with van der Waals surface area (Å²) in [6, 6.07) is 52.0. The third-order valence-electron chi connectivity index (χ3n) is 11.8. The van der Waals surface area contributed by atoms with Gasteiger partial charge in [-0.15, -0.1) is 0 Å². The van der Waals surface area contributed by atoms with Gasteiger partial charge in [0.05, 0.1) is 0 Å². The van der Waals surface area contributed by atoms with E-state index in [1.165, 1.54) is 54.9 Å². The summed E-state index contributed by atoms with van der Waals surface area (Å²) in [4.78, 5) is 0. The van der Waals surface area contributed by atoms with E-state index in [2.05, 4.69) is 135 Å². The first-order valence-electron chi connectivity index (χ1n) is 17.3. The van der Waals surface area contributed by atoms with Crippen molar-refractivity contribution in [1.29, 1.82) is 0 Å². The molecule has 50 heavy (non-hydrogen) atoms. The van der Waals surface area contributed by atoms with E-state index >= 15 is 0 Å². The molecular weight excluding hydrogens is 790 g/mol. The molecule has 8 rings (SSSR count). The SMILES string of the molecule is C[C]1([Zr]([Cl])([Cl])(=[Si](c2ccc(Cl)cc2)c2ccc(Cl)cc2)[C]2(C)Cc3cccc(-c4ccccc4)c3C2)Cc2cccc(-c3ccccc3)c2C1. The topological polar surface area (TPSA) is 0 Å². The van der Waals surface area contributed by atoms with Crippen LogP contribution in [0.1, 0.15) is 36.1 Å². The van der Waals surface area contributed by atoms with Gasteiger partial charge in [-0.3, -0.25) is 0 Å². The average molecular weight is 828 g/mol. The van der Waals surface area contributed by atoms with Crippen molar-refractivity contribution in [3.63, 3.8) is 0 Å². The molecular formula is C44H38Cl4SiZr. The molecule has 0 aromatic heterocycles. The first-order chi connectivity index (χ1) is 24.0. The molecule has 250 valence electrons. The summed E-state index contributed by atoms with van der Waals surface area (Å²) in [5.74, 6) is 0. The normalized spacial score (nSPS) is 20.0. The molecule has 0 saturated carbocycles. The van der Waals surface area contributed by atoms with E-state index in [-0.39, 0.29) is 6.25 Å². The molecule has 0 bridgehead atoms. The van der Waals surface area contributed by atoms with Gasteiger partial charge in [0.15, 0.2) is 0 Å². The maximum atomic E-state index is 9.14. The number of halogens is 4. The second-order valence-electron chi connectivity index (χ2n) is 14.8. The molecule has 2 unspecified atom stereocenters. The van der Waals surface area contributed by atoms with Crippen molar-refractivity contribution in [3.05, 3.63) is 178 Å². The fourth-order valence-corrected chi connectivity index (χ4v) is 53.5. The Hall–Kier alpha value is -2.42. The molecule has 0 heterocycles. The quantitative estimate of drug-likeness (QED) is 0.147. The van der Waals surface area contributed by atoms with Crippen LogP contribution in [0, 0.1) is 0 Å². The van der Waals surface area contributed by atoms with Crippen molar-refractivity contribution >= 4 is 56.0 Å². The van der Waals surface area contributed by atoms with Crippen LogP contribution >= 0.6 is 40.2 Å². The van der Waals surface area contributed by atoms with E-state index in [1.807, 2.05) is 24.3 Å². The van der Waals surface area contributed by atoms with Crippen LogP contribution in [-0.4, -0.2) is 5.43 Å². The van der Waals surface area contributed by atoms with Crippen LogP contribution in [0.2, 0.25) is 16.3 Å². The maximum absolute atomic E-state index is 9.14. The zero-order chi connectivity index (χ0) is 34.8. The Morgan fingerprint density at radius 3 is 1.22 bits per heavy atom. The Kier molecular flexibility index (Phi) is 8.95.